The fourth-order valence-electron chi connectivity index (χ4n) is 1.55. The third kappa shape index (κ3) is 2.39. The molecule has 0 bridgehead atoms. The number of nitrogens with two attached hydrogens (primary N) is 1. The van der Waals surface area contributed by atoms with Crippen molar-refractivity contribution in [3.8, 4) is 0 Å². The Kier molecular flexibility index (Phi) is 2.77. The smallest absolute Gasteiger partial charge is 0.148 e. The lowest BCUT2D eigenvalue weighted by Gasteiger charge is -2.13. The van der Waals surface area contributed by atoms with Crippen molar-refractivity contribution in [2.75, 3.05) is 17.6 Å². The summed E-state index contributed by atoms with van der Waals surface area (Å²) >= 11 is 0. The van der Waals surface area contributed by atoms with Gasteiger partial charge in [0.15, 0.2) is 0 Å². The summed E-state index contributed by atoms with van der Waals surface area (Å²) in [6.07, 6.45) is 1.82. The number of nitrogen functional groups attached to an aromatic ring is 1. The van der Waals surface area contributed by atoms with Crippen LogP contribution in [0.2, 0.25) is 0 Å². The van der Waals surface area contributed by atoms with Crippen LogP contribution in [0.15, 0.2) is 18.2 Å². The van der Waals surface area contributed by atoms with Gasteiger partial charge in [-0.2, -0.15) is 0 Å². The summed E-state index contributed by atoms with van der Waals surface area (Å²) in [7, 11) is 0. The first kappa shape index (κ1) is 10.2. The Bertz CT molecular complexity index is 352. The van der Waals surface area contributed by atoms with Crippen molar-refractivity contribution < 1.29 is 9.50 Å². The molecule has 0 aromatic heterocycles. The number of hydrogen-bond acceptors (Lipinski definition) is 3. The number of nitrogens with one attached hydrogen (secondary N) is 1. The third-order valence-electron chi connectivity index (χ3n) is 2.72. The standard InChI is InChI=1S/C11H15FN2O/c12-8-2-1-3-9(11(8)13)14-6-10(15)7-4-5-7/h1-3,7,10,14-15H,4-6,13H2. The molecule has 82 valence electrons. The maximum atomic E-state index is 13.0. The highest BCUT2D eigenvalue weighted by atomic mass is 19.1. The van der Waals surface area contributed by atoms with Gasteiger partial charge in [-0.15, -0.1) is 0 Å². The molecule has 1 unspecified atom stereocenters. The topological polar surface area (TPSA) is 58.3 Å². The minimum absolute atomic E-state index is 0.112. The Labute approximate surface area is 88.1 Å². The molecule has 1 fully saturated rings. The van der Waals surface area contributed by atoms with Gasteiger partial charge in [-0.25, -0.2) is 4.39 Å². The van der Waals surface area contributed by atoms with Crippen LogP contribution in [0.4, 0.5) is 15.8 Å². The Morgan fingerprint density at radius 3 is 2.93 bits per heavy atom. The number of benzene rings is 1. The molecular formula is C11H15FN2O. The molecule has 0 saturated heterocycles. The van der Waals surface area contributed by atoms with Gasteiger partial charge in [0, 0.05) is 6.54 Å². The summed E-state index contributed by atoms with van der Waals surface area (Å²) in [5.74, 6) is -0.0202. The summed E-state index contributed by atoms with van der Waals surface area (Å²) < 4.78 is 13.0. The van der Waals surface area contributed by atoms with Crippen LogP contribution >= 0.6 is 0 Å². The Hall–Kier alpha value is -1.29. The molecule has 1 aromatic carbocycles. The molecule has 4 N–H and O–H groups in total. The van der Waals surface area contributed by atoms with Crippen LogP contribution in [-0.2, 0) is 0 Å². The van der Waals surface area contributed by atoms with Crippen molar-refractivity contribution in [3.05, 3.63) is 24.0 Å². The van der Waals surface area contributed by atoms with Gasteiger partial charge in [0.2, 0.25) is 0 Å². The van der Waals surface area contributed by atoms with Gasteiger partial charge in [-0.1, -0.05) is 6.07 Å². The van der Waals surface area contributed by atoms with E-state index in [1.807, 2.05) is 0 Å². The van der Waals surface area contributed by atoms with Gasteiger partial charge in [-0.05, 0) is 30.9 Å². The SMILES string of the molecule is Nc1c(F)cccc1NCC(O)C1CC1. The van der Waals surface area contributed by atoms with E-state index < -0.39 is 5.82 Å². The van der Waals surface area contributed by atoms with E-state index in [1.165, 1.54) is 6.07 Å². The zero-order chi connectivity index (χ0) is 10.8. The molecule has 1 atom stereocenters. The van der Waals surface area contributed by atoms with E-state index in [-0.39, 0.29) is 11.8 Å². The molecule has 0 aliphatic heterocycles. The summed E-state index contributed by atoms with van der Waals surface area (Å²) in [6, 6.07) is 4.62. The predicted octanol–water partition coefficient (Wildman–Crippen LogP) is 1.59. The first-order valence-corrected chi connectivity index (χ1v) is 5.14. The van der Waals surface area contributed by atoms with Crippen molar-refractivity contribution in [2.45, 2.75) is 18.9 Å². The Morgan fingerprint density at radius 2 is 2.27 bits per heavy atom. The quantitative estimate of drug-likeness (QED) is 0.661. The molecule has 1 saturated carbocycles. The minimum Gasteiger partial charge on any atom is -0.395 e. The number of aliphatic hydroxyl groups is 1. The van der Waals surface area contributed by atoms with E-state index in [1.54, 1.807) is 12.1 Å². The van der Waals surface area contributed by atoms with Crippen LogP contribution < -0.4 is 11.1 Å². The number of para-hydroxylation sites is 1. The highest BCUT2D eigenvalue weighted by Crippen LogP contribution is 2.32. The second-order valence-electron chi connectivity index (χ2n) is 3.99. The van der Waals surface area contributed by atoms with Crippen molar-refractivity contribution in [2.24, 2.45) is 5.92 Å². The highest BCUT2D eigenvalue weighted by Gasteiger charge is 2.29. The van der Waals surface area contributed by atoms with E-state index in [0.717, 1.165) is 12.8 Å². The lowest BCUT2D eigenvalue weighted by Crippen LogP contribution is -2.21. The van der Waals surface area contributed by atoms with Crippen molar-refractivity contribution in [3.63, 3.8) is 0 Å². The Morgan fingerprint density at radius 1 is 1.53 bits per heavy atom. The van der Waals surface area contributed by atoms with Gasteiger partial charge >= 0.3 is 0 Å². The maximum Gasteiger partial charge on any atom is 0.148 e. The highest BCUT2D eigenvalue weighted by molar-refractivity contribution is 5.66. The predicted molar refractivity (Wildman–Crippen MR) is 58.0 cm³/mol. The summed E-state index contributed by atoms with van der Waals surface area (Å²) in [4.78, 5) is 0. The number of halogens is 1. The average Bonchev–Trinajstić information content (AvgIpc) is 3.03. The van der Waals surface area contributed by atoms with Crippen molar-refractivity contribution in [1.82, 2.24) is 0 Å². The number of anilines is 2. The second kappa shape index (κ2) is 4.06. The molecule has 0 radical (unpaired) electrons. The monoisotopic (exact) mass is 210 g/mol. The van der Waals surface area contributed by atoms with E-state index in [2.05, 4.69) is 5.32 Å². The Balaban J connectivity index is 1.95. The maximum absolute atomic E-state index is 13.0. The fraction of sp³-hybridized carbons (Fsp3) is 0.455. The zero-order valence-corrected chi connectivity index (χ0v) is 8.41. The minimum atomic E-state index is -0.430. The van der Waals surface area contributed by atoms with Crippen molar-refractivity contribution >= 4 is 11.4 Å². The van der Waals surface area contributed by atoms with Crippen LogP contribution in [0, 0.1) is 11.7 Å². The van der Waals surface area contributed by atoms with Crippen LogP contribution in [-0.4, -0.2) is 17.8 Å². The molecule has 0 heterocycles. The number of aliphatic hydroxyl groups excluding tert-OH is 1. The molecular weight excluding hydrogens is 195 g/mol. The molecule has 3 nitrogen and oxygen atoms in total. The molecule has 0 spiro atoms. The fourth-order valence-corrected chi connectivity index (χ4v) is 1.55. The van der Waals surface area contributed by atoms with Crippen molar-refractivity contribution in [1.29, 1.82) is 0 Å². The van der Waals surface area contributed by atoms with E-state index >= 15 is 0 Å². The first-order valence-electron chi connectivity index (χ1n) is 5.14. The van der Waals surface area contributed by atoms with Gasteiger partial charge in [0.05, 0.1) is 17.5 Å². The van der Waals surface area contributed by atoms with Crippen LogP contribution in [0.3, 0.4) is 0 Å². The normalized spacial score (nSPS) is 17.5. The molecule has 4 heteroatoms. The lowest BCUT2D eigenvalue weighted by atomic mass is 10.2. The second-order valence-corrected chi connectivity index (χ2v) is 3.99. The number of hydrogen-bond donors (Lipinski definition) is 3. The third-order valence-corrected chi connectivity index (χ3v) is 2.72. The number of rotatable bonds is 4. The van der Waals surface area contributed by atoms with Gasteiger partial charge in [0.25, 0.3) is 0 Å². The molecule has 2 rings (SSSR count). The molecule has 1 aliphatic rings. The average molecular weight is 210 g/mol. The summed E-state index contributed by atoms with van der Waals surface area (Å²) in [6.45, 7) is 0.429. The van der Waals surface area contributed by atoms with Gasteiger partial charge < -0.3 is 16.2 Å². The van der Waals surface area contributed by atoms with Crippen LogP contribution in [0.25, 0.3) is 0 Å². The van der Waals surface area contributed by atoms with E-state index in [0.29, 0.717) is 18.2 Å². The summed E-state index contributed by atoms with van der Waals surface area (Å²) in [5, 5.41) is 12.6. The van der Waals surface area contributed by atoms with Gasteiger partial charge in [0.1, 0.15) is 5.82 Å². The summed E-state index contributed by atoms with van der Waals surface area (Å²) in [5.41, 5.74) is 6.20. The molecule has 15 heavy (non-hydrogen) atoms. The first-order chi connectivity index (χ1) is 7.18. The van der Waals surface area contributed by atoms with E-state index in [4.69, 9.17) is 5.73 Å². The van der Waals surface area contributed by atoms with E-state index in [9.17, 15) is 9.50 Å². The molecule has 1 aromatic rings. The zero-order valence-electron chi connectivity index (χ0n) is 8.41. The lowest BCUT2D eigenvalue weighted by molar-refractivity contribution is 0.164. The van der Waals surface area contributed by atoms with Crippen LogP contribution in [0.5, 0.6) is 0 Å². The molecule has 0 amide bonds. The largest absolute Gasteiger partial charge is 0.395 e. The molecule has 1 aliphatic carbocycles. The van der Waals surface area contributed by atoms with Crippen LogP contribution in [0.1, 0.15) is 12.8 Å². The van der Waals surface area contributed by atoms with Gasteiger partial charge in [-0.3, -0.25) is 0 Å².